The zero-order valence-corrected chi connectivity index (χ0v) is 12.8. The Morgan fingerprint density at radius 2 is 1.67 bits per heavy atom. The molecular formula is C17H17ClO3. The van der Waals surface area contributed by atoms with Gasteiger partial charge in [-0.2, -0.15) is 0 Å². The van der Waals surface area contributed by atoms with E-state index in [2.05, 4.69) is 0 Å². The second-order valence-electron chi connectivity index (χ2n) is 5.01. The molecule has 0 bridgehead atoms. The SMILES string of the molecule is Cc1cc(Oc2ccc(CCC(=O)O)cc2)cc(C)c1Cl. The van der Waals surface area contributed by atoms with Gasteiger partial charge in [0.25, 0.3) is 0 Å². The summed E-state index contributed by atoms with van der Waals surface area (Å²) in [7, 11) is 0. The zero-order chi connectivity index (χ0) is 15.4. The van der Waals surface area contributed by atoms with E-state index >= 15 is 0 Å². The van der Waals surface area contributed by atoms with Crippen molar-refractivity contribution in [1.29, 1.82) is 0 Å². The van der Waals surface area contributed by atoms with Gasteiger partial charge in [0.05, 0.1) is 0 Å². The third-order valence-electron chi connectivity index (χ3n) is 3.20. The van der Waals surface area contributed by atoms with Crippen molar-refractivity contribution in [3.8, 4) is 11.5 Å². The molecule has 0 saturated heterocycles. The molecule has 0 aliphatic rings. The van der Waals surface area contributed by atoms with Crippen molar-refractivity contribution in [1.82, 2.24) is 0 Å². The van der Waals surface area contributed by atoms with Crippen molar-refractivity contribution in [2.75, 3.05) is 0 Å². The first-order valence-corrected chi connectivity index (χ1v) is 7.09. The van der Waals surface area contributed by atoms with Crippen LogP contribution in [-0.2, 0) is 11.2 Å². The molecule has 2 rings (SSSR count). The molecule has 0 amide bonds. The minimum Gasteiger partial charge on any atom is -0.481 e. The molecule has 0 aliphatic carbocycles. The van der Waals surface area contributed by atoms with E-state index in [1.807, 2.05) is 50.2 Å². The molecule has 0 atom stereocenters. The zero-order valence-electron chi connectivity index (χ0n) is 12.0. The Balaban J connectivity index is 2.08. The molecule has 110 valence electrons. The largest absolute Gasteiger partial charge is 0.481 e. The lowest BCUT2D eigenvalue weighted by atomic mass is 10.1. The van der Waals surface area contributed by atoms with Crippen LogP contribution in [0.15, 0.2) is 36.4 Å². The first kappa shape index (κ1) is 15.4. The molecular weight excluding hydrogens is 288 g/mol. The Bertz CT molecular complexity index is 625. The lowest BCUT2D eigenvalue weighted by molar-refractivity contribution is -0.136. The van der Waals surface area contributed by atoms with Crippen molar-refractivity contribution in [3.05, 3.63) is 58.1 Å². The lowest BCUT2D eigenvalue weighted by Gasteiger charge is -2.10. The van der Waals surface area contributed by atoms with Crippen molar-refractivity contribution >= 4 is 17.6 Å². The molecule has 1 N–H and O–H groups in total. The predicted molar refractivity (Wildman–Crippen MR) is 83.4 cm³/mol. The average Bonchev–Trinajstić information content (AvgIpc) is 2.44. The van der Waals surface area contributed by atoms with Crippen molar-refractivity contribution in [2.45, 2.75) is 26.7 Å². The fourth-order valence-corrected chi connectivity index (χ4v) is 2.19. The van der Waals surface area contributed by atoms with Crippen LogP contribution in [0.25, 0.3) is 0 Å². The number of carboxylic acids is 1. The van der Waals surface area contributed by atoms with Gasteiger partial charge in [0.1, 0.15) is 11.5 Å². The van der Waals surface area contributed by atoms with Crippen LogP contribution in [0.5, 0.6) is 11.5 Å². The third-order valence-corrected chi connectivity index (χ3v) is 3.79. The van der Waals surface area contributed by atoms with Gasteiger partial charge in [-0.25, -0.2) is 0 Å². The molecule has 0 saturated carbocycles. The number of carbonyl (C=O) groups is 1. The highest BCUT2D eigenvalue weighted by Gasteiger charge is 2.05. The summed E-state index contributed by atoms with van der Waals surface area (Å²) in [6.45, 7) is 3.88. The van der Waals surface area contributed by atoms with Gasteiger partial charge >= 0.3 is 5.97 Å². The molecule has 3 nitrogen and oxygen atoms in total. The second kappa shape index (κ2) is 6.64. The Morgan fingerprint density at radius 3 is 2.19 bits per heavy atom. The molecule has 2 aromatic rings. The third kappa shape index (κ3) is 4.23. The fourth-order valence-electron chi connectivity index (χ4n) is 2.08. The maximum Gasteiger partial charge on any atom is 0.303 e. The highest BCUT2D eigenvalue weighted by Crippen LogP contribution is 2.29. The van der Waals surface area contributed by atoms with Crippen molar-refractivity contribution in [2.24, 2.45) is 0 Å². The number of ether oxygens (including phenoxy) is 1. The van der Waals surface area contributed by atoms with E-state index in [-0.39, 0.29) is 6.42 Å². The summed E-state index contributed by atoms with van der Waals surface area (Å²) >= 11 is 6.13. The minimum atomic E-state index is -0.789. The average molecular weight is 305 g/mol. The number of halogens is 1. The number of aryl methyl sites for hydroxylation is 3. The second-order valence-corrected chi connectivity index (χ2v) is 5.39. The van der Waals surface area contributed by atoms with Crippen LogP contribution in [-0.4, -0.2) is 11.1 Å². The normalized spacial score (nSPS) is 10.4. The van der Waals surface area contributed by atoms with E-state index in [1.54, 1.807) is 0 Å². The summed E-state index contributed by atoms with van der Waals surface area (Å²) in [4.78, 5) is 10.5. The van der Waals surface area contributed by atoms with Crippen LogP contribution < -0.4 is 4.74 Å². The van der Waals surface area contributed by atoms with Gasteiger partial charge in [-0.1, -0.05) is 23.7 Å². The molecule has 0 radical (unpaired) electrons. The van der Waals surface area contributed by atoms with Gasteiger partial charge < -0.3 is 9.84 Å². The molecule has 0 unspecified atom stereocenters. The van der Waals surface area contributed by atoms with Gasteiger partial charge in [0.2, 0.25) is 0 Å². The highest BCUT2D eigenvalue weighted by molar-refractivity contribution is 6.32. The van der Waals surface area contributed by atoms with Crippen LogP contribution in [0.2, 0.25) is 5.02 Å². The lowest BCUT2D eigenvalue weighted by Crippen LogP contribution is -1.97. The van der Waals surface area contributed by atoms with E-state index in [1.165, 1.54) is 0 Å². The van der Waals surface area contributed by atoms with Crippen LogP contribution in [0.3, 0.4) is 0 Å². The molecule has 0 fully saturated rings. The minimum absolute atomic E-state index is 0.135. The maximum absolute atomic E-state index is 10.5. The fraction of sp³-hybridized carbons (Fsp3) is 0.235. The van der Waals surface area contributed by atoms with Gasteiger partial charge in [-0.15, -0.1) is 0 Å². The highest BCUT2D eigenvalue weighted by atomic mass is 35.5. The smallest absolute Gasteiger partial charge is 0.303 e. The maximum atomic E-state index is 10.5. The van der Waals surface area contributed by atoms with E-state index < -0.39 is 5.97 Å². The summed E-state index contributed by atoms with van der Waals surface area (Å²) in [6, 6.07) is 11.2. The Kier molecular flexibility index (Phi) is 4.86. The Labute approximate surface area is 129 Å². The van der Waals surface area contributed by atoms with Crippen LogP contribution in [0.4, 0.5) is 0 Å². The monoisotopic (exact) mass is 304 g/mol. The summed E-state index contributed by atoms with van der Waals surface area (Å²) < 4.78 is 5.80. The summed E-state index contributed by atoms with van der Waals surface area (Å²) in [5.74, 6) is 0.672. The Morgan fingerprint density at radius 1 is 1.10 bits per heavy atom. The van der Waals surface area contributed by atoms with E-state index in [9.17, 15) is 4.79 Å². The molecule has 0 heterocycles. The van der Waals surface area contributed by atoms with Gasteiger partial charge in [-0.3, -0.25) is 4.79 Å². The number of hydrogen-bond acceptors (Lipinski definition) is 2. The first-order valence-electron chi connectivity index (χ1n) is 6.71. The Hall–Kier alpha value is -2.00. The predicted octanol–water partition coefficient (Wildman–Crippen LogP) is 4.77. The van der Waals surface area contributed by atoms with Gasteiger partial charge in [-0.05, 0) is 61.2 Å². The molecule has 2 aromatic carbocycles. The number of carboxylic acid groups (broad SMARTS) is 1. The van der Waals surface area contributed by atoms with E-state index in [0.29, 0.717) is 6.42 Å². The van der Waals surface area contributed by atoms with Crippen LogP contribution in [0, 0.1) is 13.8 Å². The number of hydrogen-bond donors (Lipinski definition) is 1. The molecule has 4 heteroatoms. The van der Waals surface area contributed by atoms with Crippen LogP contribution >= 0.6 is 11.6 Å². The quantitative estimate of drug-likeness (QED) is 0.865. The molecule has 0 spiro atoms. The molecule has 21 heavy (non-hydrogen) atoms. The molecule has 0 aromatic heterocycles. The first-order chi connectivity index (χ1) is 9.95. The van der Waals surface area contributed by atoms with Crippen molar-refractivity contribution in [3.63, 3.8) is 0 Å². The standard InChI is InChI=1S/C17H17ClO3/c1-11-9-15(10-12(2)17(11)18)21-14-6-3-13(4-7-14)5-8-16(19)20/h3-4,6-7,9-10H,5,8H2,1-2H3,(H,19,20). The number of aliphatic carboxylic acids is 1. The topological polar surface area (TPSA) is 46.5 Å². The van der Waals surface area contributed by atoms with E-state index in [4.69, 9.17) is 21.4 Å². The van der Waals surface area contributed by atoms with Gasteiger partial charge in [0.15, 0.2) is 0 Å². The van der Waals surface area contributed by atoms with E-state index in [0.717, 1.165) is 33.2 Å². The van der Waals surface area contributed by atoms with Crippen LogP contribution in [0.1, 0.15) is 23.1 Å². The summed E-state index contributed by atoms with van der Waals surface area (Å²) in [5, 5.41) is 9.42. The summed E-state index contributed by atoms with van der Waals surface area (Å²) in [6.07, 6.45) is 0.657. The number of rotatable bonds is 5. The molecule has 0 aliphatic heterocycles. The van der Waals surface area contributed by atoms with Crippen molar-refractivity contribution < 1.29 is 14.6 Å². The number of benzene rings is 2. The van der Waals surface area contributed by atoms with Gasteiger partial charge in [0, 0.05) is 11.4 Å². The summed E-state index contributed by atoms with van der Waals surface area (Å²) in [5.41, 5.74) is 2.93.